The smallest absolute Gasteiger partial charge is 0.0719 e. The third kappa shape index (κ3) is 1.83. The summed E-state index contributed by atoms with van der Waals surface area (Å²) in [5, 5.41) is 13.6. The molecule has 1 saturated carbocycles. The SMILES string of the molecule is Nc1cnn([C@H]2CCC[C@H](O)C2)c1. The van der Waals surface area contributed by atoms with Crippen molar-refractivity contribution < 1.29 is 5.11 Å². The van der Waals surface area contributed by atoms with E-state index < -0.39 is 0 Å². The lowest BCUT2D eigenvalue weighted by Crippen LogP contribution is -2.22. The van der Waals surface area contributed by atoms with Crippen molar-refractivity contribution in [3.63, 3.8) is 0 Å². The van der Waals surface area contributed by atoms with Crippen LogP contribution < -0.4 is 5.73 Å². The van der Waals surface area contributed by atoms with Crippen molar-refractivity contribution in [3.8, 4) is 0 Å². The standard InChI is InChI=1S/C9H15N3O/c10-7-5-11-12(6-7)8-2-1-3-9(13)4-8/h5-6,8-9,13H,1-4,10H2/t8-,9-/m0/s1. The van der Waals surface area contributed by atoms with Gasteiger partial charge in [-0.15, -0.1) is 0 Å². The number of rotatable bonds is 1. The van der Waals surface area contributed by atoms with Gasteiger partial charge < -0.3 is 10.8 Å². The van der Waals surface area contributed by atoms with E-state index in [-0.39, 0.29) is 6.10 Å². The number of aromatic nitrogens is 2. The van der Waals surface area contributed by atoms with E-state index in [1.165, 1.54) is 0 Å². The van der Waals surface area contributed by atoms with E-state index in [2.05, 4.69) is 5.10 Å². The highest BCUT2D eigenvalue weighted by Gasteiger charge is 2.21. The molecule has 1 aromatic heterocycles. The molecule has 3 N–H and O–H groups in total. The lowest BCUT2D eigenvalue weighted by molar-refractivity contribution is 0.100. The van der Waals surface area contributed by atoms with E-state index in [9.17, 15) is 5.11 Å². The highest BCUT2D eigenvalue weighted by molar-refractivity contribution is 5.30. The van der Waals surface area contributed by atoms with Gasteiger partial charge in [0.05, 0.1) is 24.0 Å². The molecule has 72 valence electrons. The van der Waals surface area contributed by atoms with E-state index in [1.54, 1.807) is 6.20 Å². The molecule has 0 spiro atoms. The number of aliphatic hydroxyl groups excluding tert-OH is 1. The number of nitrogens with two attached hydrogens (primary N) is 1. The molecular formula is C9H15N3O. The van der Waals surface area contributed by atoms with Gasteiger partial charge in [0.15, 0.2) is 0 Å². The van der Waals surface area contributed by atoms with E-state index in [4.69, 9.17) is 5.73 Å². The summed E-state index contributed by atoms with van der Waals surface area (Å²) in [6.45, 7) is 0. The Hall–Kier alpha value is -1.03. The summed E-state index contributed by atoms with van der Waals surface area (Å²) in [5.41, 5.74) is 6.27. The summed E-state index contributed by atoms with van der Waals surface area (Å²) in [4.78, 5) is 0. The van der Waals surface area contributed by atoms with Crippen molar-refractivity contribution in [2.75, 3.05) is 5.73 Å². The van der Waals surface area contributed by atoms with Crippen molar-refractivity contribution >= 4 is 5.69 Å². The second kappa shape index (κ2) is 3.38. The minimum Gasteiger partial charge on any atom is -0.396 e. The first-order valence-corrected chi connectivity index (χ1v) is 4.73. The number of nitrogen functional groups attached to an aromatic ring is 1. The maximum absolute atomic E-state index is 9.48. The Morgan fingerprint density at radius 1 is 1.54 bits per heavy atom. The molecule has 13 heavy (non-hydrogen) atoms. The van der Waals surface area contributed by atoms with Gasteiger partial charge in [0, 0.05) is 6.20 Å². The molecule has 0 bridgehead atoms. The minimum absolute atomic E-state index is 0.163. The Morgan fingerprint density at radius 2 is 2.38 bits per heavy atom. The molecule has 0 radical (unpaired) electrons. The number of hydrogen-bond donors (Lipinski definition) is 2. The second-order valence-electron chi connectivity index (χ2n) is 3.73. The molecule has 2 atom stereocenters. The fourth-order valence-corrected chi connectivity index (χ4v) is 1.93. The molecule has 4 heteroatoms. The average Bonchev–Trinajstić information content (AvgIpc) is 2.52. The molecule has 1 aromatic rings. The molecule has 1 heterocycles. The van der Waals surface area contributed by atoms with Crippen LogP contribution in [0.1, 0.15) is 31.7 Å². The highest BCUT2D eigenvalue weighted by atomic mass is 16.3. The summed E-state index contributed by atoms with van der Waals surface area (Å²) in [5.74, 6) is 0. The number of hydrogen-bond acceptors (Lipinski definition) is 3. The molecular weight excluding hydrogens is 166 g/mol. The Morgan fingerprint density at radius 3 is 3.00 bits per heavy atom. The molecule has 1 fully saturated rings. The molecule has 0 aromatic carbocycles. The second-order valence-corrected chi connectivity index (χ2v) is 3.73. The summed E-state index contributed by atoms with van der Waals surface area (Å²) in [6.07, 6.45) is 7.23. The number of nitrogens with zero attached hydrogens (tertiary/aromatic N) is 2. The monoisotopic (exact) mass is 181 g/mol. The predicted molar refractivity (Wildman–Crippen MR) is 50.2 cm³/mol. The zero-order valence-corrected chi connectivity index (χ0v) is 7.56. The van der Waals surface area contributed by atoms with Crippen molar-refractivity contribution in [3.05, 3.63) is 12.4 Å². The van der Waals surface area contributed by atoms with Crippen LogP contribution in [0.2, 0.25) is 0 Å². The summed E-state index contributed by atoms with van der Waals surface area (Å²) in [6, 6.07) is 0.334. The van der Waals surface area contributed by atoms with Crippen LogP contribution >= 0.6 is 0 Å². The third-order valence-electron chi connectivity index (χ3n) is 2.61. The Labute approximate surface area is 77.4 Å². The fraction of sp³-hybridized carbons (Fsp3) is 0.667. The molecule has 1 aliphatic rings. The topological polar surface area (TPSA) is 64.1 Å². The van der Waals surface area contributed by atoms with Gasteiger partial charge in [-0.05, 0) is 25.7 Å². The highest BCUT2D eigenvalue weighted by Crippen LogP contribution is 2.28. The predicted octanol–water partition coefficient (Wildman–Crippen LogP) is 0.941. The molecule has 4 nitrogen and oxygen atoms in total. The first kappa shape index (κ1) is 8.56. The van der Waals surface area contributed by atoms with Crippen LogP contribution in [0.3, 0.4) is 0 Å². The van der Waals surface area contributed by atoms with Gasteiger partial charge in [-0.2, -0.15) is 5.10 Å². The summed E-state index contributed by atoms with van der Waals surface area (Å²) in [7, 11) is 0. The quantitative estimate of drug-likeness (QED) is 0.677. The zero-order valence-electron chi connectivity index (χ0n) is 7.56. The first-order valence-electron chi connectivity index (χ1n) is 4.73. The number of aliphatic hydroxyl groups is 1. The normalized spacial score (nSPS) is 29.0. The van der Waals surface area contributed by atoms with Crippen molar-refractivity contribution in [2.45, 2.75) is 37.8 Å². The van der Waals surface area contributed by atoms with Gasteiger partial charge in [0.25, 0.3) is 0 Å². The van der Waals surface area contributed by atoms with Crippen LogP contribution in [0.4, 0.5) is 5.69 Å². The van der Waals surface area contributed by atoms with Gasteiger partial charge >= 0.3 is 0 Å². The Kier molecular flexibility index (Phi) is 2.22. The summed E-state index contributed by atoms with van der Waals surface area (Å²) < 4.78 is 1.87. The van der Waals surface area contributed by atoms with Crippen molar-refractivity contribution in [2.24, 2.45) is 0 Å². The van der Waals surface area contributed by atoms with Crippen LogP contribution in [0.5, 0.6) is 0 Å². The average molecular weight is 181 g/mol. The lowest BCUT2D eigenvalue weighted by Gasteiger charge is -2.25. The number of anilines is 1. The third-order valence-corrected chi connectivity index (χ3v) is 2.61. The maximum atomic E-state index is 9.48. The molecule has 1 aliphatic carbocycles. The van der Waals surface area contributed by atoms with Gasteiger partial charge in [-0.1, -0.05) is 0 Å². The zero-order chi connectivity index (χ0) is 9.26. The maximum Gasteiger partial charge on any atom is 0.0719 e. The van der Waals surface area contributed by atoms with Crippen LogP contribution in [0, 0.1) is 0 Å². The van der Waals surface area contributed by atoms with E-state index >= 15 is 0 Å². The van der Waals surface area contributed by atoms with E-state index in [1.807, 2.05) is 10.9 Å². The van der Waals surface area contributed by atoms with Crippen LogP contribution in [0.25, 0.3) is 0 Å². The van der Waals surface area contributed by atoms with Crippen molar-refractivity contribution in [1.29, 1.82) is 0 Å². The van der Waals surface area contributed by atoms with Crippen LogP contribution in [-0.2, 0) is 0 Å². The van der Waals surface area contributed by atoms with Crippen LogP contribution in [-0.4, -0.2) is 21.0 Å². The lowest BCUT2D eigenvalue weighted by atomic mass is 9.93. The fourth-order valence-electron chi connectivity index (χ4n) is 1.93. The van der Waals surface area contributed by atoms with E-state index in [0.29, 0.717) is 11.7 Å². The van der Waals surface area contributed by atoms with Gasteiger partial charge in [0.2, 0.25) is 0 Å². The minimum atomic E-state index is -0.163. The molecule has 0 aliphatic heterocycles. The first-order chi connectivity index (χ1) is 6.25. The molecule has 0 unspecified atom stereocenters. The van der Waals surface area contributed by atoms with Crippen LogP contribution in [0.15, 0.2) is 12.4 Å². The Balaban J connectivity index is 2.08. The van der Waals surface area contributed by atoms with Crippen molar-refractivity contribution in [1.82, 2.24) is 9.78 Å². The van der Waals surface area contributed by atoms with Gasteiger partial charge in [-0.25, -0.2) is 0 Å². The summed E-state index contributed by atoms with van der Waals surface area (Å²) >= 11 is 0. The van der Waals surface area contributed by atoms with Gasteiger partial charge in [-0.3, -0.25) is 4.68 Å². The molecule has 0 amide bonds. The van der Waals surface area contributed by atoms with E-state index in [0.717, 1.165) is 25.7 Å². The molecule has 0 saturated heterocycles. The Bertz CT molecular complexity index is 284. The van der Waals surface area contributed by atoms with Gasteiger partial charge in [0.1, 0.15) is 0 Å². The largest absolute Gasteiger partial charge is 0.396 e. The molecule has 2 rings (SSSR count).